The van der Waals surface area contributed by atoms with Crippen molar-refractivity contribution in [1.29, 1.82) is 0 Å². The number of likely N-dealkylation sites (tertiary alicyclic amines) is 1. The van der Waals surface area contributed by atoms with E-state index in [4.69, 9.17) is 10.5 Å². The lowest BCUT2D eigenvalue weighted by molar-refractivity contribution is 0.0733. The number of benzene rings is 2. The first-order valence-electron chi connectivity index (χ1n) is 7.99. The molecule has 1 aliphatic heterocycles. The Morgan fingerprint density at radius 3 is 2.78 bits per heavy atom. The normalized spacial score (nSPS) is 17.4. The molecule has 4 nitrogen and oxygen atoms in total. The summed E-state index contributed by atoms with van der Waals surface area (Å²) < 4.78 is 5.80. The second-order valence-corrected chi connectivity index (χ2v) is 6.03. The number of hydrogen-bond donors (Lipinski definition) is 1. The predicted octanol–water partition coefficient (Wildman–Crippen LogP) is 2.95. The van der Waals surface area contributed by atoms with Crippen molar-refractivity contribution in [3.63, 3.8) is 0 Å². The average Bonchev–Trinajstić information content (AvgIpc) is 3.04. The van der Waals surface area contributed by atoms with Gasteiger partial charge in [0.1, 0.15) is 0 Å². The van der Waals surface area contributed by atoms with E-state index in [9.17, 15) is 4.79 Å². The maximum absolute atomic E-state index is 12.5. The smallest absolute Gasteiger partial charge is 0.253 e. The van der Waals surface area contributed by atoms with Crippen LogP contribution >= 0.6 is 0 Å². The average molecular weight is 310 g/mol. The number of carbonyl (C=O) groups excluding carboxylic acids is 1. The zero-order valence-corrected chi connectivity index (χ0v) is 13.2. The van der Waals surface area contributed by atoms with Crippen molar-refractivity contribution in [2.45, 2.75) is 13.0 Å². The molecule has 1 heterocycles. The highest BCUT2D eigenvalue weighted by atomic mass is 16.5. The third-order valence-electron chi connectivity index (χ3n) is 4.17. The van der Waals surface area contributed by atoms with Gasteiger partial charge in [-0.25, -0.2) is 0 Å². The van der Waals surface area contributed by atoms with Crippen LogP contribution in [0.25, 0.3) is 0 Å². The van der Waals surface area contributed by atoms with Crippen LogP contribution in [0.1, 0.15) is 22.3 Å². The Morgan fingerprint density at radius 1 is 1.17 bits per heavy atom. The molecular weight excluding hydrogens is 288 g/mol. The molecule has 1 aliphatic rings. The zero-order valence-electron chi connectivity index (χ0n) is 13.2. The third-order valence-corrected chi connectivity index (χ3v) is 4.17. The second-order valence-electron chi connectivity index (χ2n) is 6.03. The van der Waals surface area contributed by atoms with Crippen molar-refractivity contribution in [1.82, 2.24) is 4.90 Å². The standard InChI is InChI=1S/C19H22N2O2/c20-18-8-4-7-17(11-18)19(22)21-10-9-16(12-21)14-23-13-15-5-2-1-3-6-15/h1-8,11,16H,9-10,12-14,20H2. The fourth-order valence-corrected chi connectivity index (χ4v) is 2.93. The predicted molar refractivity (Wildman–Crippen MR) is 91.0 cm³/mol. The summed E-state index contributed by atoms with van der Waals surface area (Å²) in [4.78, 5) is 14.4. The van der Waals surface area contributed by atoms with E-state index in [1.54, 1.807) is 12.1 Å². The van der Waals surface area contributed by atoms with Gasteiger partial charge in [0.2, 0.25) is 0 Å². The lowest BCUT2D eigenvalue weighted by Crippen LogP contribution is -2.29. The van der Waals surface area contributed by atoms with Crippen LogP contribution in [0.2, 0.25) is 0 Å². The first kappa shape index (κ1) is 15.6. The van der Waals surface area contributed by atoms with Crippen molar-refractivity contribution >= 4 is 11.6 Å². The lowest BCUT2D eigenvalue weighted by Gasteiger charge is -2.17. The van der Waals surface area contributed by atoms with Crippen LogP contribution in [0.4, 0.5) is 5.69 Å². The Balaban J connectivity index is 1.47. The Kier molecular flexibility index (Phi) is 4.93. The molecule has 2 aromatic rings. The van der Waals surface area contributed by atoms with Gasteiger partial charge in [-0.3, -0.25) is 4.79 Å². The fraction of sp³-hybridized carbons (Fsp3) is 0.316. The van der Waals surface area contributed by atoms with Gasteiger partial charge >= 0.3 is 0 Å². The summed E-state index contributed by atoms with van der Waals surface area (Å²) >= 11 is 0. The molecule has 2 aromatic carbocycles. The molecule has 23 heavy (non-hydrogen) atoms. The molecule has 1 fully saturated rings. The summed E-state index contributed by atoms with van der Waals surface area (Å²) in [5.41, 5.74) is 8.22. The minimum absolute atomic E-state index is 0.0582. The number of nitrogens with zero attached hydrogens (tertiary/aromatic N) is 1. The molecule has 0 spiro atoms. The molecule has 0 saturated carbocycles. The molecule has 120 valence electrons. The van der Waals surface area contributed by atoms with E-state index >= 15 is 0 Å². The number of anilines is 1. The molecule has 0 bridgehead atoms. The van der Waals surface area contributed by atoms with Crippen molar-refractivity contribution in [2.75, 3.05) is 25.4 Å². The molecular formula is C19H22N2O2. The largest absolute Gasteiger partial charge is 0.399 e. The van der Waals surface area contributed by atoms with Gasteiger partial charge in [-0.05, 0) is 30.2 Å². The molecule has 4 heteroatoms. The van der Waals surface area contributed by atoms with Gasteiger partial charge in [0.25, 0.3) is 5.91 Å². The van der Waals surface area contributed by atoms with Gasteiger partial charge in [0.05, 0.1) is 13.2 Å². The maximum atomic E-state index is 12.5. The van der Waals surface area contributed by atoms with Crippen LogP contribution in [0.15, 0.2) is 54.6 Å². The summed E-state index contributed by atoms with van der Waals surface area (Å²) in [5, 5.41) is 0. The number of carbonyl (C=O) groups is 1. The topological polar surface area (TPSA) is 55.6 Å². The van der Waals surface area contributed by atoms with E-state index in [2.05, 4.69) is 12.1 Å². The number of rotatable bonds is 5. The number of ether oxygens (including phenoxy) is 1. The monoisotopic (exact) mass is 310 g/mol. The number of hydrogen-bond acceptors (Lipinski definition) is 3. The highest BCUT2D eigenvalue weighted by Crippen LogP contribution is 2.20. The Morgan fingerprint density at radius 2 is 2.00 bits per heavy atom. The van der Waals surface area contributed by atoms with Crippen LogP contribution in [0, 0.1) is 5.92 Å². The van der Waals surface area contributed by atoms with Crippen molar-refractivity contribution < 1.29 is 9.53 Å². The number of nitrogen functional groups attached to an aromatic ring is 1. The second kappa shape index (κ2) is 7.29. The summed E-state index contributed by atoms with van der Waals surface area (Å²) in [6.45, 7) is 2.85. The van der Waals surface area contributed by atoms with Crippen molar-refractivity contribution in [2.24, 2.45) is 5.92 Å². The van der Waals surface area contributed by atoms with E-state index in [0.717, 1.165) is 19.5 Å². The first-order valence-corrected chi connectivity index (χ1v) is 7.99. The van der Waals surface area contributed by atoms with Crippen molar-refractivity contribution in [3.05, 3.63) is 65.7 Å². The van der Waals surface area contributed by atoms with E-state index in [1.807, 2.05) is 35.2 Å². The quantitative estimate of drug-likeness (QED) is 0.864. The van der Waals surface area contributed by atoms with Gasteiger partial charge in [-0.15, -0.1) is 0 Å². The summed E-state index contributed by atoms with van der Waals surface area (Å²) in [5.74, 6) is 0.464. The molecule has 1 amide bonds. The zero-order chi connectivity index (χ0) is 16.1. The van der Waals surface area contributed by atoms with Gasteiger partial charge in [0.15, 0.2) is 0 Å². The molecule has 1 unspecified atom stereocenters. The Hall–Kier alpha value is -2.33. The highest BCUT2D eigenvalue weighted by Gasteiger charge is 2.27. The summed E-state index contributed by atoms with van der Waals surface area (Å²) in [6, 6.07) is 17.3. The summed E-state index contributed by atoms with van der Waals surface area (Å²) in [6.07, 6.45) is 0.989. The lowest BCUT2D eigenvalue weighted by atomic mass is 10.1. The minimum Gasteiger partial charge on any atom is -0.399 e. The summed E-state index contributed by atoms with van der Waals surface area (Å²) in [7, 11) is 0. The van der Waals surface area contributed by atoms with E-state index < -0.39 is 0 Å². The molecule has 0 aromatic heterocycles. The van der Waals surface area contributed by atoms with Gasteiger partial charge < -0.3 is 15.4 Å². The number of amides is 1. The van der Waals surface area contributed by atoms with E-state index in [1.165, 1.54) is 5.56 Å². The Labute approximate surface area is 136 Å². The van der Waals surface area contributed by atoms with Gasteiger partial charge in [-0.1, -0.05) is 36.4 Å². The molecule has 3 rings (SSSR count). The third kappa shape index (κ3) is 4.11. The van der Waals surface area contributed by atoms with E-state index in [-0.39, 0.29) is 5.91 Å². The van der Waals surface area contributed by atoms with Crippen molar-refractivity contribution in [3.8, 4) is 0 Å². The Bertz CT molecular complexity index is 657. The fourth-order valence-electron chi connectivity index (χ4n) is 2.93. The molecule has 0 radical (unpaired) electrons. The maximum Gasteiger partial charge on any atom is 0.253 e. The van der Waals surface area contributed by atoms with Crippen LogP contribution in [0.5, 0.6) is 0 Å². The minimum atomic E-state index is 0.0582. The first-order chi connectivity index (χ1) is 11.2. The molecule has 0 aliphatic carbocycles. The molecule has 1 saturated heterocycles. The van der Waals surface area contributed by atoms with Gasteiger partial charge in [-0.2, -0.15) is 0 Å². The molecule has 1 atom stereocenters. The number of nitrogens with two attached hydrogens (primary N) is 1. The molecule has 2 N–H and O–H groups in total. The van der Waals surface area contributed by atoms with Crippen LogP contribution in [0.3, 0.4) is 0 Å². The van der Waals surface area contributed by atoms with Gasteiger partial charge in [0, 0.05) is 30.3 Å². The van der Waals surface area contributed by atoms with Crippen LogP contribution in [-0.2, 0) is 11.3 Å². The SMILES string of the molecule is Nc1cccc(C(=O)N2CCC(COCc3ccccc3)C2)c1. The van der Waals surface area contributed by atoms with Crippen LogP contribution in [-0.4, -0.2) is 30.5 Å². The highest BCUT2D eigenvalue weighted by molar-refractivity contribution is 5.95. The van der Waals surface area contributed by atoms with Crippen LogP contribution < -0.4 is 5.73 Å². The van der Waals surface area contributed by atoms with E-state index in [0.29, 0.717) is 30.4 Å².